The summed E-state index contributed by atoms with van der Waals surface area (Å²) in [6.45, 7) is 0.00691. The van der Waals surface area contributed by atoms with Crippen LogP contribution < -0.4 is 5.32 Å². The minimum absolute atomic E-state index is 0.00691. The molecule has 1 saturated heterocycles. The monoisotopic (exact) mass is 410 g/mol. The third-order valence-corrected chi connectivity index (χ3v) is 4.13. The van der Waals surface area contributed by atoms with Crippen LogP contribution in [0.4, 0.5) is 10.5 Å². The number of nitrogens with one attached hydrogen (secondary N) is 1. The van der Waals surface area contributed by atoms with E-state index in [2.05, 4.69) is 5.32 Å². The van der Waals surface area contributed by atoms with Gasteiger partial charge in [-0.05, 0) is 40.8 Å². The van der Waals surface area contributed by atoms with Crippen LogP contribution in [0.1, 0.15) is 6.42 Å². The van der Waals surface area contributed by atoms with Gasteiger partial charge in [0.25, 0.3) is 0 Å². The summed E-state index contributed by atoms with van der Waals surface area (Å²) in [5.74, 6) is -1.12. The van der Waals surface area contributed by atoms with Crippen molar-refractivity contribution in [3.63, 3.8) is 0 Å². The van der Waals surface area contributed by atoms with Crippen molar-refractivity contribution in [3.05, 3.63) is 26.8 Å². The number of aliphatic carboxylic acids is 1. The van der Waals surface area contributed by atoms with Crippen LogP contribution in [0.25, 0.3) is 0 Å². The van der Waals surface area contributed by atoms with E-state index in [1.807, 2.05) is 22.6 Å². The molecule has 0 radical (unpaired) electrons. The van der Waals surface area contributed by atoms with Gasteiger partial charge in [-0.1, -0.05) is 11.6 Å². The maximum Gasteiger partial charge on any atom is 0.326 e. The van der Waals surface area contributed by atoms with Crippen molar-refractivity contribution in [2.45, 2.75) is 18.6 Å². The Hall–Kier alpha value is -1.06. The second-order valence-electron chi connectivity index (χ2n) is 4.45. The Bertz CT molecular complexity index is 554. The molecule has 0 unspecified atom stereocenters. The first-order valence-electron chi connectivity index (χ1n) is 5.82. The minimum Gasteiger partial charge on any atom is -0.480 e. The molecule has 0 aromatic heterocycles. The van der Waals surface area contributed by atoms with E-state index in [1.54, 1.807) is 18.2 Å². The maximum absolute atomic E-state index is 12.1. The van der Waals surface area contributed by atoms with Gasteiger partial charge in [0.2, 0.25) is 0 Å². The number of nitrogens with zero attached hydrogens (tertiary/aromatic N) is 1. The van der Waals surface area contributed by atoms with Crippen molar-refractivity contribution in [2.24, 2.45) is 0 Å². The van der Waals surface area contributed by atoms with Crippen LogP contribution in [0.2, 0.25) is 5.02 Å². The molecule has 108 valence electrons. The zero-order chi connectivity index (χ0) is 14.9. The van der Waals surface area contributed by atoms with Crippen LogP contribution in [0.15, 0.2) is 18.2 Å². The average molecular weight is 411 g/mol. The van der Waals surface area contributed by atoms with Gasteiger partial charge in [-0.3, -0.25) is 0 Å². The van der Waals surface area contributed by atoms with E-state index in [0.717, 1.165) is 8.47 Å². The molecule has 1 aromatic rings. The molecular formula is C12H12ClIN2O4. The molecule has 6 nitrogen and oxygen atoms in total. The van der Waals surface area contributed by atoms with E-state index in [0.29, 0.717) is 10.7 Å². The second kappa shape index (κ2) is 6.15. The molecule has 1 aliphatic rings. The van der Waals surface area contributed by atoms with Gasteiger partial charge in [0, 0.05) is 21.6 Å². The van der Waals surface area contributed by atoms with Crippen LogP contribution in [0, 0.1) is 3.57 Å². The Labute approximate surface area is 133 Å². The van der Waals surface area contributed by atoms with Crippen LogP contribution in [-0.2, 0) is 4.79 Å². The number of aliphatic hydroxyl groups excluding tert-OH is 1. The summed E-state index contributed by atoms with van der Waals surface area (Å²) in [5, 5.41) is 21.8. The van der Waals surface area contributed by atoms with E-state index in [4.69, 9.17) is 16.7 Å². The maximum atomic E-state index is 12.1. The highest BCUT2D eigenvalue weighted by atomic mass is 127. The summed E-state index contributed by atoms with van der Waals surface area (Å²) < 4.78 is 0.745. The van der Waals surface area contributed by atoms with Crippen molar-refractivity contribution in [1.82, 2.24) is 4.90 Å². The van der Waals surface area contributed by atoms with Gasteiger partial charge in [-0.15, -0.1) is 0 Å². The fourth-order valence-electron chi connectivity index (χ4n) is 2.05. The van der Waals surface area contributed by atoms with Gasteiger partial charge >= 0.3 is 12.0 Å². The first-order valence-corrected chi connectivity index (χ1v) is 7.27. The lowest BCUT2D eigenvalue weighted by Gasteiger charge is -2.22. The minimum atomic E-state index is -1.12. The first kappa shape index (κ1) is 15.3. The number of rotatable bonds is 2. The summed E-state index contributed by atoms with van der Waals surface area (Å²) in [5.41, 5.74) is 0.547. The molecule has 2 rings (SSSR count). The van der Waals surface area contributed by atoms with Crippen LogP contribution in [0.3, 0.4) is 0 Å². The third-order valence-electron chi connectivity index (χ3n) is 3.00. The summed E-state index contributed by atoms with van der Waals surface area (Å²) in [6.07, 6.45) is -0.772. The van der Waals surface area contributed by atoms with E-state index < -0.39 is 24.1 Å². The Kier molecular flexibility index (Phi) is 4.71. The van der Waals surface area contributed by atoms with Crippen molar-refractivity contribution >= 4 is 51.9 Å². The van der Waals surface area contributed by atoms with E-state index in [1.165, 1.54) is 0 Å². The number of hydrogen-bond acceptors (Lipinski definition) is 3. The molecule has 2 atom stereocenters. The van der Waals surface area contributed by atoms with Crippen LogP contribution >= 0.6 is 34.2 Å². The predicted octanol–water partition coefficient (Wildman–Crippen LogP) is 2.00. The molecule has 1 heterocycles. The zero-order valence-electron chi connectivity index (χ0n) is 10.2. The summed E-state index contributed by atoms with van der Waals surface area (Å²) >= 11 is 7.85. The fraction of sp³-hybridized carbons (Fsp3) is 0.333. The predicted molar refractivity (Wildman–Crippen MR) is 81.9 cm³/mol. The molecule has 1 aromatic carbocycles. The molecule has 8 heteroatoms. The molecule has 2 amide bonds. The standard InChI is InChI=1S/C12H12ClIN2O4/c13-6-1-2-9(8(14)3-6)15-12(20)16-5-7(17)4-10(16)11(18)19/h1-3,7,10,17H,4-5H2,(H,15,20)(H,18,19)/t7-,10-/m0/s1. The largest absolute Gasteiger partial charge is 0.480 e. The van der Waals surface area contributed by atoms with Gasteiger partial charge in [0.15, 0.2) is 0 Å². The summed E-state index contributed by atoms with van der Waals surface area (Å²) in [7, 11) is 0. The lowest BCUT2D eigenvalue weighted by atomic mass is 10.2. The van der Waals surface area contributed by atoms with Gasteiger partial charge in [-0.2, -0.15) is 0 Å². The fourth-order valence-corrected chi connectivity index (χ4v) is 3.06. The Morgan fingerprint density at radius 3 is 2.75 bits per heavy atom. The topological polar surface area (TPSA) is 89.9 Å². The number of urea groups is 1. The van der Waals surface area contributed by atoms with Crippen molar-refractivity contribution < 1.29 is 19.8 Å². The average Bonchev–Trinajstić information content (AvgIpc) is 2.75. The lowest BCUT2D eigenvalue weighted by molar-refractivity contribution is -0.141. The lowest BCUT2D eigenvalue weighted by Crippen LogP contribution is -2.43. The molecule has 0 aliphatic carbocycles. The molecule has 0 bridgehead atoms. The molecule has 20 heavy (non-hydrogen) atoms. The number of aliphatic hydroxyl groups is 1. The smallest absolute Gasteiger partial charge is 0.326 e. The van der Waals surface area contributed by atoms with Gasteiger partial charge in [0.1, 0.15) is 6.04 Å². The highest BCUT2D eigenvalue weighted by molar-refractivity contribution is 14.1. The van der Waals surface area contributed by atoms with Crippen molar-refractivity contribution in [1.29, 1.82) is 0 Å². The van der Waals surface area contributed by atoms with E-state index in [9.17, 15) is 14.7 Å². The molecule has 3 N–H and O–H groups in total. The molecular weight excluding hydrogens is 398 g/mol. The zero-order valence-corrected chi connectivity index (χ0v) is 13.1. The molecule has 1 fully saturated rings. The quantitative estimate of drug-likeness (QED) is 0.651. The van der Waals surface area contributed by atoms with Gasteiger partial charge < -0.3 is 20.4 Å². The summed E-state index contributed by atoms with van der Waals surface area (Å²) in [6, 6.07) is 3.41. The summed E-state index contributed by atoms with van der Waals surface area (Å²) in [4.78, 5) is 24.3. The molecule has 0 saturated carbocycles. The number of carboxylic acid groups (broad SMARTS) is 1. The number of likely N-dealkylation sites (tertiary alicyclic amines) is 1. The number of halogens is 2. The number of hydrogen-bond donors (Lipinski definition) is 3. The Balaban J connectivity index is 2.13. The van der Waals surface area contributed by atoms with Crippen molar-refractivity contribution in [2.75, 3.05) is 11.9 Å². The number of carboxylic acids is 1. The van der Waals surface area contributed by atoms with Crippen LogP contribution in [0.5, 0.6) is 0 Å². The third kappa shape index (κ3) is 3.33. The number of carbonyl (C=O) groups excluding carboxylic acids is 1. The number of carbonyl (C=O) groups is 2. The SMILES string of the molecule is O=C(O)[C@@H]1C[C@H](O)CN1C(=O)Nc1ccc(Cl)cc1I. The number of β-amino-alcohol motifs (C(OH)–C–C–N with tert-alkyl or cyclic N) is 1. The van der Waals surface area contributed by atoms with E-state index >= 15 is 0 Å². The van der Waals surface area contributed by atoms with Crippen LogP contribution in [-0.4, -0.2) is 45.8 Å². The van der Waals surface area contributed by atoms with Gasteiger partial charge in [0.05, 0.1) is 11.8 Å². The van der Waals surface area contributed by atoms with Gasteiger partial charge in [-0.25, -0.2) is 9.59 Å². The molecule has 0 spiro atoms. The van der Waals surface area contributed by atoms with Crippen molar-refractivity contribution in [3.8, 4) is 0 Å². The first-order chi connectivity index (χ1) is 9.38. The highest BCUT2D eigenvalue weighted by Gasteiger charge is 2.39. The normalized spacial score (nSPS) is 21.9. The Morgan fingerprint density at radius 2 is 2.15 bits per heavy atom. The second-order valence-corrected chi connectivity index (χ2v) is 6.05. The molecule has 1 aliphatic heterocycles. The number of amides is 2. The van der Waals surface area contributed by atoms with E-state index in [-0.39, 0.29) is 13.0 Å². The number of benzene rings is 1. The highest BCUT2D eigenvalue weighted by Crippen LogP contribution is 2.24. The number of anilines is 1. The Morgan fingerprint density at radius 1 is 1.45 bits per heavy atom.